The maximum Gasteiger partial charge on any atom is 0.231 e. The number of fused-ring (bicyclic) bond motifs is 2. The molecule has 1 aromatic rings. The number of rotatable bonds is 4. The van der Waals surface area contributed by atoms with Gasteiger partial charge in [0.1, 0.15) is 11.8 Å². The van der Waals surface area contributed by atoms with Crippen LogP contribution in [0.3, 0.4) is 0 Å². The average Bonchev–Trinajstić information content (AvgIpc) is 3.09. The van der Waals surface area contributed by atoms with Gasteiger partial charge < -0.3 is 23.8 Å². The highest BCUT2D eigenvalue weighted by Crippen LogP contribution is 2.48. The molecule has 148 valence electrons. The molecule has 0 aliphatic carbocycles. The van der Waals surface area contributed by atoms with Crippen LogP contribution in [-0.2, 0) is 16.0 Å². The van der Waals surface area contributed by atoms with Crippen LogP contribution in [0.5, 0.6) is 17.2 Å². The number of likely N-dealkylation sites (N-methyl/N-ethyl adjacent to an activating group) is 1. The quantitative estimate of drug-likeness (QED) is 0.867. The topological polar surface area (TPSA) is 58.4 Å². The number of ketones is 1. The Bertz CT molecular complexity index is 745. The van der Waals surface area contributed by atoms with Crippen molar-refractivity contribution in [3.63, 3.8) is 0 Å². The molecule has 0 bridgehead atoms. The van der Waals surface area contributed by atoms with Crippen molar-refractivity contribution < 1.29 is 28.6 Å². The molecule has 3 atom stereocenters. The SMILES string of the molecule is COc1c2c(cc3c1[C@@H](CC(=O)[C@@H]1CCOC(C)(C)C1)[NH+](C)CC3)OCO2. The van der Waals surface area contributed by atoms with Gasteiger partial charge in [-0.05, 0) is 38.3 Å². The van der Waals surface area contributed by atoms with Gasteiger partial charge in [-0.1, -0.05) is 0 Å². The zero-order valence-electron chi connectivity index (χ0n) is 16.7. The van der Waals surface area contributed by atoms with Crippen molar-refractivity contribution in [3.8, 4) is 17.2 Å². The third-order valence-electron chi connectivity index (χ3n) is 6.24. The predicted molar refractivity (Wildman–Crippen MR) is 99.7 cm³/mol. The molecule has 0 aromatic heterocycles. The summed E-state index contributed by atoms with van der Waals surface area (Å²) in [4.78, 5) is 14.5. The fourth-order valence-electron chi connectivity index (χ4n) is 4.77. The molecule has 0 saturated carbocycles. The molecule has 27 heavy (non-hydrogen) atoms. The Labute approximate surface area is 160 Å². The lowest BCUT2D eigenvalue weighted by Crippen LogP contribution is -3.10. The van der Waals surface area contributed by atoms with Crippen LogP contribution in [0.15, 0.2) is 6.07 Å². The van der Waals surface area contributed by atoms with Crippen LogP contribution in [-0.4, -0.2) is 45.5 Å². The number of nitrogens with one attached hydrogen (secondary N) is 1. The lowest BCUT2D eigenvalue weighted by atomic mass is 9.81. The van der Waals surface area contributed by atoms with E-state index in [1.807, 2.05) is 0 Å². The van der Waals surface area contributed by atoms with Gasteiger partial charge in [-0.3, -0.25) is 4.79 Å². The number of methoxy groups -OCH3 is 1. The van der Waals surface area contributed by atoms with E-state index in [0.717, 1.165) is 42.9 Å². The highest BCUT2D eigenvalue weighted by Gasteiger charge is 2.40. The maximum absolute atomic E-state index is 13.2. The summed E-state index contributed by atoms with van der Waals surface area (Å²) >= 11 is 0. The molecule has 4 rings (SSSR count). The van der Waals surface area contributed by atoms with Gasteiger partial charge in [-0.15, -0.1) is 0 Å². The standard InChI is InChI=1S/C21H29NO5/c1-21(2)11-14(6-8-27-21)16(23)10-15-18-13(5-7-22(15)3)9-17-19(20(18)24-4)26-12-25-17/h9,14-15H,5-8,10-12H2,1-4H3/p+1/t14-,15-/m1/s1. The van der Waals surface area contributed by atoms with Crippen LogP contribution in [0.2, 0.25) is 0 Å². The van der Waals surface area contributed by atoms with E-state index in [1.54, 1.807) is 7.11 Å². The van der Waals surface area contributed by atoms with Crippen LogP contribution in [0.25, 0.3) is 0 Å². The molecule has 1 N–H and O–H groups in total. The van der Waals surface area contributed by atoms with Gasteiger partial charge in [0.2, 0.25) is 12.5 Å². The second-order valence-electron chi connectivity index (χ2n) is 8.58. The first kappa shape index (κ1) is 18.6. The average molecular weight is 376 g/mol. The zero-order valence-corrected chi connectivity index (χ0v) is 16.7. The Balaban J connectivity index is 1.63. The molecular formula is C21H30NO5+. The van der Waals surface area contributed by atoms with E-state index in [0.29, 0.717) is 24.6 Å². The van der Waals surface area contributed by atoms with E-state index in [-0.39, 0.29) is 24.4 Å². The Morgan fingerprint density at radius 1 is 1.37 bits per heavy atom. The molecular weight excluding hydrogens is 346 g/mol. The molecule has 3 aliphatic rings. The van der Waals surface area contributed by atoms with E-state index in [9.17, 15) is 4.79 Å². The van der Waals surface area contributed by atoms with E-state index in [1.165, 1.54) is 10.5 Å². The van der Waals surface area contributed by atoms with Crippen molar-refractivity contribution in [3.05, 3.63) is 17.2 Å². The molecule has 3 aliphatic heterocycles. The normalized spacial score (nSPS) is 28.5. The molecule has 1 unspecified atom stereocenters. The molecule has 0 spiro atoms. The van der Waals surface area contributed by atoms with Crippen molar-refractivity contribution in [1.29, 1.82) is 0 Å². The molecule has 6 heteroatoms. The maximum atomic E-state index is 13.2. The number of Topliss-reactive ketones (excluding diaryl/α,β-unsaturated/α-hetero) is 1. The lowest BCUT2D eigenvalue weighted by molar-refractivity contribution is -0.914. The van der Waals surface area contributed by atoms with Crippen LogP contribution < -0.4 is 19.1 Å². The molecule has 1 saturated heterocycles. The van der Waals surface area contributed by atoms with Crippen LogP contribution in [0, 0.1) is 5.92 Å². The van der Waals surface area contributed by atoms with Crippen LogP contribution >= 0.6 is 0 Å². The van der Waals surface area contributed by atoms with Crippen molar-refractivity contribution in [1.82, 2.24) is 0 Å². The number of benzene rings is 1. The van der Waals surface area contributed by atoms with E-state index in [4.69, 9.17) is 18.9 Å². The minimum Gasteiger partial charge on any atom is -0.492 e. The van der Waals surface area contributed by atoms with Gasteiger partial charge in [0.25, 0.3) is 0 Å². The van der Waals surface area contributed by atoms with Gasteiger partial charge in [0.15, 0.2) is 11.5 Å². The first-order valence-corrected chi connectivity index (χ1v) is 9.88. The van der Waals surface area contributed by atoms with Crippen molar-refractivity contribution >= 4 is 5.78 Å². The largest absolute Gasteiger partial charge is 0.492 e. The van der Waals surface area contributed by atoms with Crippen molar-refractivity contribution in [2.75, 3.05) is 34.1 Å². The summed E-state index contributed by atoms with van der Waals surface area (Å²) in [6.45, 7) is 6.02. The van der Waals surface area contributed by atoms with Gasteiger partial charge in [-0.2, -0.15) is 0 Å². The number of quaternary nitrogens is 1. The Morgan fingerprint density at radius 2 is 2.19 bits per heavy atom. The second-order valence-corrected chi connectivity index (χ2v) is 8.58. The summed E-state index contributed by atoms with van der Waals surface area (Å²) in [5.41, 5.74) is 2.11. The highest BCUT2D eigenvalue weighted by atomic mass is 16.7. The minimum atomic E-state index is -0.217. The summed E-state index contributed by atoms with van der Waals surface area (Å²) < 4.78 is 22.8. The molecule has 1 aromatic carbocycles. The lowest BCUT2D eigenvalue weighted by Gasteiger charge is -2.37. The van der Waals surface area contributed by atoms with Crippen LogP contribution in [0.1, 0.15) is 50.3 Å². The first-order valence-electron chi connectivity index (χ1n) is 9.88. The fraction of sp³-hybridized carbons (Fsp3) is 0.667. The first-order chi connectivity index (χ1) is 12.9. The molecule has 6 nitrogen and oxygen atoms in total. The number of ether oxygens (including phenoxy) is 4. The third kappa shape index (κ3) is 3.41. The smallest absolute Gasteiger partial charge is 0.231 e. The Morgan fingerprint density at radius 3 is 2.93 bits per heavy atom. The van der Waals surface area contributed by atoms with E-state index < -0.39 is 0 Å². The fourth-order valence-corrected chi connectivity index (χ4v) is 4.77. The Hall–Kier alpha value is -1.79. The van der Waals surface area contributed by atoms with E-state index in [2.05, 4.69) is 27.0 Å². The van der Waals surface area contributed by atoms with E-state index >= 15 is 0 Å². The number of hydrogen-bond acceptors (Lipinski definition) is 5. The number of carbonyl (C=O) groups is 1. The number of hydrogen-bond donors (Lipinski definition) is 1. The monoisotopic (exact) mass is 376 g/mol. The molecule has 0 radical (unpaired) electrons. The predicted octanol–water partition coefficient (Wildman–Crippen LogP) is 1.70. The number of carbonyl (C=O) groups excluding carboxylic acids is 1. The van der Waals surface area contributed by atoms with Gasteiger partial charge >= 0.3 is 0 Å². The van der Waals surface area contributed by atoms with Crippen LogP contribution in [0.4, 0.5) is 0 Å². The summed E-state index contributed by atoms with van der Waals surface area (Å²) in [7, 11) is 3.83. The van der Waals surface area contributed by atoms with Crippen molar-refractivity contribution in [2.45, 2.75) is 51.2 Å². The van der Waals surface area contributed by atoms with Gasteiger partial charge in [-0.25, -0.2) is 0 Å². The van der Waals surface area contributed by atoms with Gasteiger partial charge in [0.05, 0.1) is 38.3 Å². The summed E-state index contributed by atoms with van der Waals surface area (Å²) in [6.07, 6.45) is 3.08. The summed E-state index contributed by atoms with van der Waals surface area (Å²) in [5, 5.41) is 0. The minimum absolute atomic E-state index is 0.0759. The molecule has 3 heterocycles. The van der Waals surface area contributed by atoms with Crippen molar-refractivity contribution in [2.24, 2.45) is 5.92 Å². The summed E-state index contributed by atoms with van der Waals surface area (Å²) in [5.74, 6) is 2.58. The highest BCUT2D eigenvalue weighted by molar-refractivity contribution is 5.82. The molecule has 0 amide bonds. The Kier molecular flexibility index (Phi) is 4.80. The van der Waals surface area contributed by atoms with Gasteiger partial charge in [0, 0.05) is 18.9 Å². The second kappa shape index (κ2) is 6.99. The summed E-state index contributed by atoms with van der Waals surface area (Å²) in [6, 6.07) is 2.15. The zero-order chi connectivity index (χ0) is 19.2. The third-order valence-corrected chi connectivity index (χ3v) is 6.24. The molecule has 1 fully saturated rings.